The summed E-state index contributed by atoms with van der Waals surface area (Å²) in [6.07, 6.45) is 0.891. The smallest absolute Gasteiger partial charge is 0.428 e. The highest BCUT2D eigenvalue weighted by molar-refractivity contribution is 6.30. The fourth-order valence-electron chi connectivity index (χ4n) is 1.50. The quantitative estimate of drug-likeness (QED) is 0.690. The zero-order valence-corrected chi connectivity index (χ0v) is 11.4. The minimum atomic E-state index is -0.605. The first-order valence-corrected chi connectivity index (χ1v) is 6.37. The second-order valence-electron chi connectivity index (χ2n) is 3.99. The van der Waals surface area contributed by atoms with E-state index in [-0.39, 0.29) is 6.61 Å². The largest absolute Gasteiger partial charge is 0.443 e. The summed E-state index contributed by atoms with van der Waals surface area (Å²) >= 11 is 5.83. The van der Waals surface area contributed by atoms with E-state index in [1.54, 1.807) is 18.2 Å². The fourth-order valence-corrected chi connectivity index (χ4v) is 1.70. The van der Waals surface area contributed by atoms with E-state index in [2.05, 4.69) is 10.5 Å². The number of hydrogen-bond donors (Lipinski definition) is 1. The molecule has 0 bridgehead atoms. The minimum Gasteiger partial charge on any atom is -0.443 e. The fraction of sp³-hybridized carbons (Fsp3) is 0.0667. The maximum absolute atomic E-state index is 11.4. The molecule has 1 N–H and O–H groups in total. The Morgan fingerprint density at radius 1 is 1.20 bits per heavy atom. The molecule has 1 amide bonds. The van der Waals surface area contributed by atoms with Crippen LogP contribution in [0.4, 0.5) is 4.79 Å². The molecule has 0 unspecified atom stereocenters. The van der Waals surface area contributed by atoms with E-state index in [4.69, 9.17) is 16.3 Å². The third kappa shape index (κ3) is 4.74. The van der Waals surface area contributed by atoms with Crippen molar-refractivity contribution in [3.05, 3.63) is 70.7 Å². The lowest BCUT2D eigenvalue weighted by molar-refractivity contribution is 0.140. The maximum atomic E-state index is 11.4. The predicted octanol–water partition coefficient (Wildman–Crippen LogP) is 3.60. The number of nitrogens with zero attached hydrogens (tertiary/aromatic N) is 1. The van der Waals surface area contributed by atoms with Gasteiger partial charge in [-0.25, -0.2) is 10.2 Å². The second kappa shape index (κ2) is 7.31. The Labute approximate surface area is 122 Å². The summed E-state index contributed by atoms with van der Waals surface area (Å²) in [4.78, 5) is 11.4. The van der Waals surface area contributed by atoms with Gasteiger partial charge in [0.05, 0.1) is 6.21 Å². The van der Waals surface area contributed by atoms with Crippen LogP contribution in [0.25, 0.3) is 0 Å². The topological polar surface area (TPSA) is 50.7 Å². The Morgan fingerprint density at radius 2 is 2.00 bits per heavy atom. The van der Waals surface area contributed by atoms with Gasteiger partial charge in [0, 0.05) is 5.02 Å². The third-order valence-electron chi connectivity index (χ3n) is 2.43. The number of nitrogens with one attached hydrogen (secondary N) is 1. The van der Waals surface area contributed by atoms with Crippen molar-refractivity contribution in [3.63, 3.8) is 0 Å². The van der Waals surface area contributed by atoms with Gasteiger partial charge in [-0.2, -0.15) is 5.10 Å². The molecule has 0 saturated carbocycles. The van der Waals surface area contributed by atoms with E-state index in [9.17, 15) is 4.79 Å². The molecule has 0 aliphatic rings. The van der Waals surface area contributed by atoms with E-state index < -0.39 is 6.09 Å². The van der Waals surface area contributed by atoms with Gasteiger partial charge in [0.15, 0.2) is 0 Å². The summed E-state index contributed by atoms with van der Waals surface area (Å²) in [5.74, 6) is 0. The highest BCUT2D eigenvalue weighted by Crippen LogP contribution is 2.08. The molecule has 0 radical (unpaired) electrons. The van der Waals surface area contributed by atoms with E-state index in [0.29, 0.717) is 5.02 Å². The number of carbonyl (C=O) groups excluding carboxylic acids is 1. The van der Waals surface area contributed by atoms with Gasteiger partial charge in [0.25, 0.3) is 0 Å². The number of carbonyl (C=O) groups is 1. The highest BCUT2D eigenvalue weighted by Gasteiger charge is 2.00. The molecule has 2 aromatic carbocycles. The first kappa shape index (κ1) is 14.1. The SMILES string of the molecule is O=C(N/N=C/c1cccc(Cl)c1)OCc1ccccc1. The number of benzene rings is 2. The zero-order chi connectivity index (χ0) is 14.2. The van der Waals surface area contributed by atoms with E-state index in [0.717, 1.165) is 11.1 Å². The molecule has 4 nitrogen and oxygen atoms in total. The Bertz CT molecular complexity index is 600. The van der Waals surface area contributed by atoms with Crippen molar-refractivity contribution < 1.29 is 9.53 Å². The molecule has 0 heterocycles. The summed E-state index contributed by atoms with van der Waals surface area (Å²) < 4.78 is 5.00. The molecule has 0 saturated heterocycles. The molecule has 20 heavy (non-hydrogen) atoms. The Morgan fingerprint density at radius 3 is 2.75 bits per heavy atom. The number of rotatable bonds is 4. The Kier molecular flexibility index (Phi) is 5.15. The summed E-state index contributed by atoms with van der Waals surface area (Å²) in [5, 5.41) is 4.40. The molecule has 0 spiro atoms. The van der Waals surface area contributed by atoms with Crippen LogP contribution in [-0.2, 0) is 11.3 Å². The van der Waals surface area contributed by atoms with Crippen LogP contribution in [0, 0.1) is 0 Å². The molecule has 5 heteroatoms. The lowest BCUT2D eigenvalue weighted by Gasteiger charge is -2.03. The van der Waals surface area contributed by atoms with Crippen LogP contribution in [0.1, 0.15) is 11.1 Å². The van der Waals surface area contributed by atoms with Gasteiger partial charge in [0.2, 0.25) is 0 Å². The molecule has 0 fully saturated rings. The third-order valence-corrected chi connectivity index (χ3v) is 2.67. The van der Waals surface area contributed by atoms with Crippen molar-refractivity contribution in [3.8, 4) is 0 Å². The predicted molar refractivity (Wildman–Crippen MR) is 78.8 cm³/mol. The first-order valence-electron chi connectivity index (χ1n) is 5.99. The molecule has 0 aliphatic heterocycles. The van der Waals surface area contributed by atoms with Gasteiger partial charge in [-0.1, -0.05) is 54.1 Å². The molecule has 0 aliphatic carbocycles. The van der Waals surface area contributed by atoms with Crippen LogP contribution in [0.3, 0.4) is 0 Å². The second-order valence-corrected chi connectivity index (χ2v) is 4.42. The van der Waals surface area contributed by atoms with Gasteiger partial charge in [0.1, 0.15) is 6.61 Å². The number of ether oxygens (including phenoxy) is 1. The van der Waals surface area contributed by atoms with E-state index in [1.807, 2.05) is 36.4 Å². The molecular weight excluding hydrogens is 276 g/mol. The molecular formula is C15H13ClN2O2. The van der Waals surface area contributed by atoms with Crippen molar-refractivity contribution in [2.24, 2.45) is 5.10 Å². The standard InChI is InChI=1S/C15H13ClN2O2/c16-14-8-4-7-13(9-14)10-17-18-15(19)20-11-12-5-2-1-3-6-12/h1-10H,11H2,(H,18,19)/b17-10+. The summed E-state index contributed by atoms with van der Waals surface area (Å²) in [5.41, 5.74) is 4.00. The first-order chi connectivity index (χ1) is 9.74. The summed E-state index contributed by atoms with van der Waals surface area (Å²) in [6.45, 7) is 0.208. The molecule has 2 aromatic rings. The maximum Gasteiger partial charge on any atom is 0.428 e. The number of halogens is 1. The number of hydrogen-bond acceptors (Lipinski definition) is 3. The van der Waals surface area contributed by atoms with E-state index in [1.165, 1.54) is 6.21 Å². The molecule has 102 valence electrons. The molecule has 2 rings (SSSR count). The number of hydrazone groups is 1. The van der Waals surface area contributed by atoms with Crippen LogP contribution in [-0.4, -0.2) is 12.3 Å². The van der Waals surface area contributed by atoms with Gasteiger partial charge in [-0.05, 0) is 23.3 Å². The van der Waals surface area contributed by atoms with Crippen molar-refractivity contribution in [1.82, 2.24) is 5.43 Å². The average molecular weight is 289 g/mol. The lowest BCUT2D eigenvalue weighted by Crippen LogP contribution is -2.18. The van der Waals surface area contributed by atoms with Crippen LogP contribution in [0.2, 0.25) is 5.02 Å². The van der Waals surface area contributed by atoms with Crippen LogP contribution in [0.15, 0.2) is 59.7 Å². The zero-order valence-electron chi connectivity index (χ0n) is 10.6. The van der Waals surface area contributed by atoms with Gasteiger partial charge < -0.3 is 4.74 Å². The monoisotopic (exact) mass is 288 g/mol. The van der Waals surface area contributed by atoms with Gasteiger partial charge in [-0.3, -0.25) is 0 Å². The minimum absolute atomic E-state index is 0.208. The van der Waals surface area contributed by atoms with Crippen LogP contribution >= 0.6 is 11.6 Å². The Balaban J connectivity index is 1.78. The van der Waals surface area contributed by atoms with Crippen LogP contribution < -0.4 is 5.43 Å². The Hall–Kier alpha value is -2.33. The highest BCUT2D eigenvalue weighted by atomic mass is 35.5. The van der Waals surface area contributed by atoms with Crippen molar-refractivity contribution >= 4 is 23.9 Å². The lowest BCUT2D eigenvalue weighted by atomic mass is 10.2. The summed E-state index contributed by atoms with van der Waals surface area (Å²) in [6, 6.07) is 16.6. The van der Waals surface area contributed by atoms with Gasteiger partial charge >= 0.3 is 6.09 Å². The van der Waals surface area contributed by atoms with E-state index >= 15 is 0 Å². The van der Waals surface area contributed by atoms with Crippen molar-refractivity contribution in [2.75, 3.05) is 0 Å². The van der Waals surface area contributed by atoms with Crippen molar-refractivity contribution in [1.29, 1.82) is 0 Å². The molecule has 0 atom stereocenters. The average Bonchev–Trinajstić information content (AvgIpc) is 2.46. The van der Waals surface area contributed by atoms with Gasteiger partial charge in [-0.15, -0.1) is 0 Å². The number of amides is 1. The van der Waals surface area contributed by atoms with Crippen molar-refractivity contribution in [2.45, 2.75) is 6.61 Å². The molecule has 0 aromatic heterocycles. The normalized spacial score (nSPS) is 10.4. The van der Waals surface area contributed by atoms with Crippen LogP contribution in [0.5, 0.6) is 0 Å². The summed E-state index contributed by atoms with van der Waals surface area (Å²) in [7, 11) is 0.